The lowest BCUT2D eigenvalue weighted by molar-refractivity contribution is 0.139. The molecule has 1 aliphatic heterocycles. The molecular weight excluding hydrogens is 228 g/mol. The zero-order valence-corrected chi connectivity index (χ0v) is 11.8. The van der Waals surface area contributed by atoms with Crippen molar-refractivity contribution in [2.24, 2.45) is 0 Å². The van der Waals surface area contributed by atoms with Crippen LogP contribution in [0.25, 0.3) is 0 Å². The Morgan fingerprint density at radius 2 is 2.41 bits per heavy atom. The van der Waals surface area contributed by atoms with Crippen LogP contribution in [0.5, 0.6) is 0 Å². The maximum atomic E-state index is 3.65. The summed E-state index contributed by atoms with van der Waals surface area (Å²) in [4.78, 5) is 4.17. The van der Waals surface area contributed by atoms with Crippen LogP contribution in [0.15, 0.2) is 17.5 Å². The third-order valence-corrected chi connectivity index (χ3v) is 4.58. The number of rotatable bonds is 5. The molecule has 0 aromatic carbocycles. The minimum Gasteiger partial charge on any atom is -0.311 e. The van der Waals surface area contributed by atoms with E-state index in [0.29, 0.717) is 12.1 Å². The highest BCUT2D eigenvalue weighted by Gasteiger charge is 2.23. The lowest BCUT2D eigenvalue weighted by atomic mass is 10.1. The molecule has 2 heterocycles. The predicted molar refractivity (Wildman–Crippen MR) is 75.8 cm³/mol. The Bertz CT molecular complexity index is 310. The van der Waals surface area contributed by atoms with Crippen molar-refractivity contribution in [1.82, 2.24) is 10.2 Å². The van der Waals surface area contributed by atoms with Gasteiger partial charge in [0.2, 0.25) is 0 Å². The van der Waals surface area contributed by atoms with Gasteiger partial charge in [-0.15, -0.1) is 11.3 Å². The molecule has 1 saturated heterocycles. The van der Waals surface area contributed by atoms with Crippen LogP contribution in [-0.2, 0) is 6.42 Å². The van der Waals surface area contributed by atoms with E-state index in [4.69, 9.17) is 0 Å². The molecule has 3 heteroatoms. The van der Waals surface area contributed by atoms with E-state index >= 15 is 0 Å². The van der Waals surface area contributed by atoms with E-state index in [0.717, 1.165) is 6.54 Å². The van der Waals surface area contributed by atoms with Gasteiger partial charge in [-0.25, -0.2) is 0 Å². The number of piperazine rings is 1. The zero-order chi connectivity index (χ0) is 12.1. The van der Waals surface area contributed by atoms with Gasteiger partial charge in [-0.1, -0.05) is 19.4 Å². The lowest BCUT2D eigenvalue weighted by Gasteiger charge is -2.38. The monoisotopic (exact) mass is 252 g/mol. The minimum absolute atomic E-state index is 0.683. The average Bonchev–Trinajstić information content (AvgIpc) is 2.83. The Kier molecular flexibility index (Phi) is 5.01. The van der Waals surface area contributed by atoms with Gasteiger partial charge in [0.05, 0.1) is 0 Å². The summed E-state index contributed by atoms with van der Waals surface area (Å²) in [6.07, 6.45) is 3.80. The molecular formula is C14H24N2S. The lowest BCUT2D eigenvalue weighted by Crippen LogP contribution is -2.55. The van der Waals surface area contributed by atoms with E-state index in [9.17, 15) is 0 Å². The SMILES string of the molecule is CCCC1CN(CCc2cccs2)C(C)CN1. The topological polar surface area (TPSA) is 15.3 Å². The van der Waals surface area contributed by atoms with Gasteiger partial charge in [-0.3, -0.25) is 4.90 Å². The summed E-state index contributed by atoms with van der Waals surface area (Å²) in [5, 5.41) is 5.83. The predicted octanol–water partition coefficient (Wildman–Crippen LogP) is 2.75. The quantitative estimate of drug-likeness (QED) is 0.867. The van der Waals surface area contributed by atoms with Gasteiger partial charge in [0.25, 0.3) is 0 Å². The zero-order valence-electron chi connectivity index (χ0n) is 11.0. The standard InChI is InChI=1S/C14H24N2S/c1-3-5-13-11-16(12(2)10-15-13)8-7-14-6-4-9-17-14/h4,6,9,12-13,15H,3,5,7-8,10-11H2,1-2H3. The normalized spacial score (nSPS) is 26.2. The van der Waals surface area contributed by atoms with Crippen molar-refractivity contribution in [1.29, 1.82) is 0 Å². The minimum atomic E-state index is 0.683. The van der Waals surface area contributed by atoms with Crippen molar-refractivity contribution < 1.29 is 0 Å². The molecule has 2 rings (SSSR count). The van der Waals surface area contributed by atoms with Crippen LogP contribution in [0.3, 0.4) is 0 Å². The van der Waals surface area contributed by atoms with Crippen LogP contribution >= 0.6 is 11.3 Å². The molecule has 0 radical (unpaired) electrons. The summed E-state index contributed by atoms with van der Waals surface area (Å²) in [6.45, 7) is 8.19. The molecule has 1 aromatic rings. The molecule has 0 aliphatic carbocycles. The van der Waals surface area contributed by atoms with Gasteiger partial charge in [0.1, 0.15) is 0 Å². The molecule has 0 saturated carbocycles. The third-order valence-electron chi connectivity index (χ3n) is 3.64. The average molecular weight is 252 g/mol. The largest absolute Gasteiger partial charge is 0.311 e. The molecule has 1 aliphatic rings. The van der Waals surface area contributed by atoms with E-state index in [2.05, 4.69) is 41.6 Å². The molecule has 1 N–H and O–H groups in total. The highest BCUT2D eigenvalue weighted by Crippen LogP contribution is 2.14. The van der Waals surface area contributed by atoms with Crippen LogP contribution < -0.4 is 5.32 Å². The molecule has 0 spiro atoms. The number of nitrogens with zero attached hydrogens (tertiary/aromatic N) is 1. The summed E-state index contributed by atoms with van der Waals surface area (Å²) >= 11 is 1.88. The fraction of sp³-hybridized carbons (Fsp3) is 0.714. The highest BCUT2D eigenvalue weighted by atomic mass is 32.1. The first-order valence-electron chi connectivity index (χ1n) is 6.79. The second-order valence-electron chi connectivity index (χ2n) is 5.07. The Morgan fingerprint density at radius 1 is 1.53 bits per heavy atom. The highest BCUT2D eigenvalue weighted by molar-refractivity contribution is 7.09. The Hall–Kier alpha value is -0.380. The van der Waals surface area contributed by atoms with Crippen molar-refractivity contribution >= 4 is 11.3 Å². The number of nitrogens with one attached hydrogen (secondary N) is 1. The van der Waals surface area contributed by atoms with Gasteiger partial charge < -0.3 is 5.32 Å². The first-order chi connectivity index (χ1) is 8.29. The molecule has 1 aromatic heterocycles. The van der Waals surface area contributed by atoms with Crippen molar-refractivity contribution in [3.63, 3.8) is 0 Å². The van der Waals surface area contributed by atoms with Gasteiger partial charge in [-0.05, 0) is 31.2 Å². The second kappa shape index (κ2) is 6.53. The van der Waals surface area contributed by atoms with Crippen molar-refractivity contribution in [3.8, 4) is 0 Å². The molecule has 1 fully saturated rings. The van der Waals surface area contributed by atoms with Crippen molar-refractivity contribution in [2.75, 3.05) is 19.6 Å². The van der Waals surface area contributed by atoms with Gasteiger partial charge in [0, 0.05) is 36.6 Å². The number of hydrogen-bond donors (Lipinski definition) is 1. The van der Waals surface area contributed by atoms with E-state index in [1.807, 2.05) is 11.3 Å². The van der Waals surface area contributed by atoms with Crippen molar-refractivity contribution in [2.45, 2.75) is 45.2 Å². The van der Waals surface area contributed by atoms with Gasteiger partial charge in [0.15, 0.2) is 0 Å². The molecule has 2 atom stereocenters. The summed E-state index contributed by atoms with van der Waals surface area (Å²) in [5.74, 6) is 0. The number of thiophene rings is 1. The van der Waals surface area contributed by atoms with Crippen LogP contribution in [0, 0.1) is 0 Å². The first kappa shape index (κ1) is 13.1. The van der Waals surface area contributed by atoms with E-state index in [1.54, 1.807) is 0 Å². The van der Waals surface area contributed by atoms with Gasteiger partial charge in [-0.2, -0.15) is 0 Å². The first-order valence-corrected chi connectivity index (χ1v) is 7.67. The van der Waals surface area contributed by atoms with Gasteiger partial charge >= 0.3 is 0 Å². The van der Waals surface area contributed by atoms with Crippen LogP contribution in [0.1, 0.15) is 31.6 Å². The maximum Gasteiger partial charge on any atom is 0.0195 e. The Labute approximate surface area is 109 Å². The molecule has 0 bridgehead atoms. The van der Waals surface area contributed by atoms with Crippen LogP contribution in [0.4, 0.5) is 0 Å². The molecule has 0 amide bonds. The summed E-state index contributed by atoms with van der Waals surface area (Å²) in [5.41, 5.74) is 0. The summed E-state index contributed by atoms with van der Waals surface area (Å²) in [6, 6.07) is 5.80. The maximum absolute atomic E-state index is 3.65. The third kappa shape index (κ3) is 3.80. The summed E-state index contributed by atoms with van der Waals surface area (Å²) in [7, 11) is 0. The van der Waals surface area contributed by atoms with Crippen molar-refractivity contribution in [3.05, 3.63) is 22.4 Å². The Balaban J connectivity index is 1.81. The molecule has 17 heavy (non-hydrogen) atoms. The summed E-state index contributed by atoms with van der Waals surface area (Å²) < 4.78 is 0. The van der Waals surface area contributed by atoms with Crippen LogP contribution in [-0.4, -0.2) is 36.6 Å². The fourth-order valence-corrected chi connectivity index (χ4v) is 3.25. The molecule has 2 unspecified atom stereocenters. The molecule has 96 valence electrons. The second-order valence-corrected chi connectivity index (χ2v) is 6.10. The van der Waals surface area contributed by atoms with E-state index in [-0.39, 0.29) is 0 Å². The fourth-order valence-electron chi connectivity index (χ4n) is 2.56. The van der Waals surface area contributed by atoms with Crippen LogP contribution in [0.2, 0.25) is 0 Å². The van der Waals surface area contributed by atoms with E-state index < -0.39 is 0 Å². The molecule has 2 nitrogen and oxygen atoms in total. The Morgan fingerprint density at radius 3 is 3.12 bits per heavy atom. The van der Waals surface area contributed by atoms with E-state index in [1.165, 1.54) is 37.2 Å². The smallest absolute Gasteiger partial charge is 0.0195 e. The number of hydrogen-bond acceptors (Lipinski definition) is 3.